The third kappa shape index (κ3) is 2.13. The highest BCUT2D eigenvalue weighted by Gasteiger charge is 2.16. The van der Waals surface area contributed by atoms with Crippen LogP contribution in [0.15, 0.2) is 6.20 Å². The number of rotatable bonds is 4. The van der Waals surface area contributed by atoms with Crippen LogP contribution < -0.4 is 0 Å². The molecule has 0 unspecified atom stereocenters. The Morgan fingerprint density at radius 3 is 2.71 bits per heavy atom. The predicted octanol–water partition coefficient (Wildman–Crippen LogP) is 1.80. The van der Waals surface area contributed by atoms with Crippen molar-refractivity contribution in [2.45, 2.75) is 33.7 Å². The van der Waals surface area contributed by atoms with Crippen LogP contribution in [-0.4, -0.2) is 20.9 Å². The molecule has 0 bridgehead atoms. The van der Waals surface area contributed by atoms with Gasteiger partial charge in [-0.3, -0.25) is 4.68 Å². The summed E-state index contributed by atoms with van der Waals surface area (Å²) in [4.78, 5) is 10.9. The Balaban J connectivity index is 3.06. The van der Waals surface area contributed by atoms with Crippen LogP contribution in [0.4, 0.5) is 0 Å². The van der Waals surface area contributed by atoms with Crippen molar-refractivity contribution in [2.75, 3.05) is 0 Å². The lowest BCUT2D eigenvalue weighted by Gasteiger charge is -2.08. The maximum Gasteiger partial charge on any atom is 0.339 e. The summed E-state index contributed by atoms with van der Waals surface area (Å²) in [6.45, 7) is 6.81. The summed E-state index contributed by atoms with van der Waals surface area (Å²) in [6, 6.07) is 0. The smallest absolute Gasteiger partial charge is 0.339 e. The molecule has 0 aliphatic rings. The van der Waals surface area contributed by atoms with Crippen LogP contribution in [0.2, 0.25) is 0 Å². The van der Waals surface area contributed by atoms with E-state index >= 15 is 0 Å². The Bertz CT molecular complexity index is 329. The topological polar surface area (TPSA) is 55.1 Å². The highest BCUT2D eigenvalue weighted by molar-refractivity contribution is 5.88. The van der Waals surface area contributed by atoms with Gasteiger partial charge in [0.05, 0.1) is 11.9 Å². The first kappa shape index (κ1) is 10.8. The van der Waals surface area contributed by atoms with Crippen LogP contribution in [-0.2, 0) is 13.0 Å². The second-order valence-electron chi connectivity index (χ2n) is 3.72. The minimum atomic E-state index is -0.889. The van der Waals surface area contributed by atoms with Crippen molar-refractivity contribution in [3.8, 4) is 0 Å². The van der Waals surface area contributed by atoms with E-state index < -0.39 is 5.97 Å². The number of hydrogen-bond acceptors (Lipinski definition) is 2. The minimum Gasteiger partial charge on any atom is -0.478 e. The summed E-state index contributed by atoms with van der Waals surface area (Å²) in [5, 5.41) is 13.0. The molecule has 0 saturated carbocycles. The van der Waals surface area contributed by atoms with Gasteiger partial charge in [0.1, 0.15) is 5.56 Å². The van der Waals surface area contributed by atoms with Gasteiger partial charge in [0.15, 0.2) is 0 Å². The first-order valence-electron chi connectivity index (χ1n) is 4.84. The lowest BCUT2D eigenvalue weighted by atomic mass is 10.1. The lowest BCUT2D eigenvalue weighted by Crippen LogP contribution is -2.09. The van der Waals surface area contributed by atoms with Gasteiger partial charge in [-0.05, 0) is 19.3 Å². The molecule has 0 spiro atoms. The molecular weight excluding hydrogens is 180 g/mol. The third-order valence-corrected chi connectivity index (χ3v) is 2.08. The monoisotopic (exact) mass is 196 g/mol. The molecule has 0 fully saturated rings. The Morgan fingerprint density at radius 1 is 1.64 bits per heavy atom. The van der Waals surface area contributed by atoms with E-state index in [4.69, 9.17) is 5.11 Å². The molecule has 1 heterocycles. The number of carboxylic acids is 1. The fourth-order valence-electron chi connectivity index (χ4n) is 1.46. The molecule has 0 amide bonds. The quantitative estimate of drug-likeness (QED) is 0.798. The predicted molar refractivity (Wildman–Crippen MR) is 53.4 cm³/mol. The van der Waals surface area contributed by atoms with Gasteiger partial charge < -0.3 is 5.11 Å². The van der Waals surface area contributed by atoms with Crippen LogP contribution in [0.5, 0.6) is 0 Å². The van der Waals surface area contributed by atoms with Gasteiger partial charge in [-0.1, -0.05) is 13.8 Å². The highest BCUT2D eigenvalue weighted by atomic mass is 16.4. The van der Waals surface area contributed by atoms with E-state index in [1.54, 1.807) is 4.68 Å². The van der Waals surface area contributed by atoms with Crippen molar-refractivity contribution < 1.29 is 9.90 Å². The maximum atomic E-state index is 10.9. The average molecular weight is 196 g/mol. The van der Waals surface area contributed by atoms with E-state index in [2.05, 4.69) is 18.9 Å². The van der Waals surface area contributed by atoms with Gasteiger partial charge in [-0.15, -0.1) is 0 Å². The fourth-order valence-corrected chi connectivity index (χ4v) is 1.46. The molecule has 1 N–H and O–H groups in total. The summed E-state index contributed by atoms with van der Waals surface area (Å²) < 4.78 is 1.75. The summed E-state index contributed by atoms with van der Waals surface area (Å²) in [7, 11) is 0. The number of aromatic nitrogens is 2. The number of aromatic carboxylic acids is 1. The van der Waals surface area contributed by atoms with Crippen LogP contribution in [0.25, 0.3) is 0 Å². The number of carbonyl (C=O) groups is 1. The molecule has 0 aliphatic carbocycles. The lowest BCUT2D eigenvalue weighted by molar-refractivity contribution is 0.0695. The van der Waals surface area contributed by atoms with E-state index in [9.17, 15) is 4.79 Å². The molecule has 0 radical (unpaired) electrons. The molecule has 0 atom stereocenters. The molecule has 4 nitrogen and oxygen atoms in total. The largest absolute Gasteiger partial charge is 0.478 e. The fraction of sp³-hybridized carbons (Fsp3) is 0.600. The van der Waals surface area contributed by atoms with Gasteiger partial charge >= 0.3 is 5.97 Å². The first-order chi connectivity index (χ1) is 6.56. The van der Waals surface area contributed by atoms with E-state index in [1.165, 1.54) is 6.20 Å². The summed E-state index contributed by atoms with van der Waals surface area (Å²) >= 11 is 0. The van der Waals surface area contributed by atoms with Gasteiger partial charge in [0.25, 0.3) is 0 Å². The molecule has 14 heavy (non-hydrogen) atoms. The Kier molecular flexibility index (Phi) is 3.28. The third-order valence-electron chi connectivity index (χ3n) is 2.08. The van der Waals surface area contributed by atoms with Gasteiger partial charge in [-0.25, -0.2) is 4.79 Å². The molecule has 1 aromatic rings. The Labute approximate surface area is 83.5 Å². The molecule has 4 heteroatoms. The molecule has 1 rings (SSSR count). The van der Waals surface area contributed by atoms with Gasteiger partial charge in [-0.2, -0.15) is 5.10 Å². The summed E-state index contributed by atoms with van der Waals surface area (Å²) in [5.41, 5.74) is 1.16. The zero-order chi connectivity index (χ0) is 10.7. The van der Waals surface area contributed by atoms with Crippen LogP contribution in [0.1, 0.15) is 36.8 Å². The highest BCUT2D eigenvalue weighted by Crippen LogP contribution is 2.13. The number of aryl methyl sites for hydroxylation is 1. The van der Waals surface area contributed by atoms with Crippen LogP contribution in [0, 0.1) is 5.92 Å². The molecule has 0 aliphatic heterocycles. The second-order valence-corrected chi connectivity index (χ2v) is 3.72. The van der Waals surface area contributed by atoms with Gasteiger partial charge in [0, 0.05) is 6.54 Å². The van der Waals surface area contributed by atoms with Crippen molar-refractivity contribution in [3.63, 3.8) is 0 Å². The normalized spacial score (nSPS) is 10.9. The molecular formula is C10H16N2O2. The molecule has 1 aromatic heterocycles. The zero-order valence-corrected chi connectivity index (χ0v) is 8.82. The van der Waals surface area contributed by atoms with E-state index in [-0.39, 0.29) is 0 Å². The molecule has 0 aromatic carbocycles. The zero-order valence-electron chi connectivity index (χ0n) is 8.82. The standard InChI is InChI=1S/C10H16N2O2/c1-4-12-9(5-7(2)3)8(6-11-12)10(13)14/h6-7H,4-5H2,1-3H3,(H,13,14). The Hall–Kier alpha value is -1.32. The van der Waals surface area contributed by atoms with E-state index in [0.29, 0.717) is 11.5 Å². The van der Waals surface area contributed by atoms with Crippen molar-refractivity contribution in [3.05, 3.63) is 17.5 Å². The van der Waals surface area contributed by atoms with E-state index in [1.807, 2.05) is 6.92 Å². The number of nitrogens with zero attached hydrogens (tertiary/aromatic N) is 2. The summed E-state index contributed by atoms with van der Waals surface area (Å²) in [5.74, 6) is -0.449. The van der Waals surface area contributed by atoms with Crippen LogP contribution >= 0.6 is 0 Å². The number of carboxylic acid groups (broad SMARTS) is 1. The molecule has 78 valence electrons. The second kappa shape index (κ2) is 4.26. The summed E-state index contributed by atoms with van der Waals surface area (Å²) in [6.07, 6.45) is 2.19. The Morgan fingerprint density at radius 2 is 2.29 bits per heavy atom. The molecule has 0 saturated heterocycles. The van der Waals surface area contributed by atoms with Crippen molar-refractivity contribution in [1.29, 1.82) is 0 Å². The number of hydrogen-bond donors (Lipinski definition) is 1. The maximum absolute atomic E-state index is 10.9. The SMILES string of the molecule is CCn1ncc(C(=O)O)c1CC(C)C. The minimum absolute atomic E-state index is 0.334. The first-order valence-corrected chi connectivity index (χ1v) is 4.84. The van der Waals surface area contributed by atoms with Crippen LogP contribution in [0.3, 0.4) is 0 Å². The van der Waals surface area contributed by atoms with Crippen molar-refractivity contribution >= 4 is 5.97 Å². The van der Waals surface area contributed by atoms with Gasteiger partial charge in [0.2, 0.25) is 0 Å². The van der Waals surface area contributed by atoms with E-state index in [0.717, 1.165) is 18.7 Å². The van der Waals surface area contributed by atoms with Crippen molar-refractivity contribution in [1.82, 2.24) is 9.78 Å². The van der Waals surface area contributed by atoms with Crippen molar-refractivity contribution in [2.24, 2.45) is 5.92 Å². The average Bonchev–Trinajstić information content (AvgIpc) is 2.46.